The van der Waals surface area contributed by atoms with Crippen molar-refractivity contribution in [2.75, 3.05) is 13.2 Å². The maximum Gasteiger partial charge on any atom is 0.0693 e. The first-order valence-corrected chi connectivity index (χ1v) is 8.09. The molecular formula is C14H26O2S. The molecule has 3 heteroatoms. The SMILES string of the molecule is CC(CCO)SC1CCOC2(CCCCC2)C1. The molecular weight excluding hydrogens is 232 g/mol. The van der Waals surface area contributed by atoms with Crippen molar-refractivity contribution in [2.45, 2.75) is 74.4 Å². The number of hydrogen-bond acceptors (Lipinski definition) is 3. The molecule has 2 nitrogen and oxygen atoms in total. The van der Waals surface area contributed by atoms with Gasteiger partial charge in [0.15, 0.2) is 0 Å². The zero-order chi connectivity index (χ0) is 12.1. The van der Waals surface area contributed by atoms with Crippen molar-refractivity contribution in [1.82, 2.24) is 0 Å². The van der Waals surface area contributed by atoms with Crippen LogP contribution in [0.2, 0.25) is 0 Å². The molecule has 2 unspecified atom stereocenters. The summed E-state index contributed by atoms with van der Waals surface area (Å²) in [5.74, 6) is 0. The molecule has 0 aromatic heterocycles. The van der Waals surface area contributed by atoms with E-state index in [9.17, 15) is 0 Å². The Morgan fingerprint density at radius 2 is 2.12 bits per heavy atom. The summed E-state index contributed by atoms with van der Waals surface area (Å²) in [5.41, 5.74) is 0.229. The van der Waals surface area contributed by atoms with E-state index in [-0.39, 0.29) is 5.60 Å². The number of aliphatic hydroxyl groups is 1. The predicted molar refractivity (Wildman–Crippen MR) is 73.5 cm³/mol. The largest absolute Gasteiger partial charge is 0.396 e. The molecule has 1 aliphatic carbocycles. The minimum absolute atomic E-state index is 0.229. The van der Waals surface area contributed by atoms with Crippen LogP contribution < -0.4 is 0 Å². The lowest BCUT2D eigenvalue weighted by atomic mass is 9.80. The molecule has 0 bridgehead atoms. The summed E-state index contributed by atoms with van der Waals surface area (Å²) in [7, 11) is 0. The first-order chi connectivity index (χ1) is 8.24. The van der Waals surface area contributed by atoms with Crippen LogP contribution in [0.25, 0.3) is 0 Å². The van der Waals surface area contributed by atoms with Gasteiger partial charge in [-0.25, -0.2) is 0 Å². The maximum absolute atomic E-state index is 8.97. The van der Waals surface area contributed by atoms with Crippen LogP contribution in [-0.2, 0) is 4.74 Å². The highest BCUT2D eigenvalue weighted by atomic mass is 32.2. The summed E-state index contributed by atoms with van der Waals surface area (Å²) < 4.78 is 6.12. The molecule has 0 aromatic carbocycles. The van der Waals surface area contributed by atoms with E-state index in [1.54, 1.807) is 0 Å². The van der Waals surface area contributed by atoms with E-state index in [4.69, 9.17) is 9.84 Å². The smallest absolute Gasteiger partial charge is 0.0693 e. The molecule has 1 heterocycles. The van der Waals surface area contributed by atoms with Crippen LogP contribution in [0.4, 0.5) is 0 Å². The molecule has 100 valence electrons. The van der Waals surface area contributed by atoms with Crippen molar-refractivity contribution < 1.29 is 9.84 Å². The Morgan fingerprint density at radius 1 is 1.35 bits per heavy atom. The van der Waals surface area contributed by atoms with Gasteiger partial charge in [-0.3, -0.25) is 0 Å². The Kier molecular flexibility index (Phi) is 5.19. The molecule has 1 saturated carbocycles. The van der Waals surface area contributed by atoms with Crippen molar-refractivity contribution in [1.29, 1.82) is 0 Å². The molecule has 0 amide bonds. The Balaban J connectivity index is 1.83. The summed E-state index contributed by atoms with van der Waals surface area (Å²) in [5, 5.41) is 10.3. The van der Waals surface area contributed by atoms with Gasteiger partial charge in [0.25, 0.3) is 0 Å². The van der Waals surface area contributed by atoms with Gasteiger partial charge in [-0.1, -0.05) is 26.2 Å². The predicted octanol–water partition coefficient (Wildman–Crippen LogP) is 3.37. The highest BCUT2D eigenvalue weighted by molar-refractivity contribution is 8.00. The van der Waals surface area contributed by atoms with Crippen LogP contribution in [0, 0.1) is 0 Å². The van der Waals surface area contributed by atoms with Crippen molar-refractivity contribution in [3.05, 3.63) is 0 Å². The molecule has 2 atom stereocenters. The molecule has 17 heavy (non-hydrogen) atoms. The van der Waals surface area contributed by atoms with Gasteiger partial charge in [-0.2, -0.15) is 11.8 Å². The fourth-order valence-corrected chi connectivity index (χ4v) is 4.75. The standard InChI is InChI=1S/C14H26O2S/c1-12(5-9-15)17-13-6-10-16-14(11-13)7-3-2-4-8-14/h12-13,15H,2-11H2,1H3. The van der Waals surface area contributed by atoms with Gasteiger partial charge in [0.1, 0.15) is 0 Å². The summed E-state index contributed by atoms with van der Waals surface area (Å²) in [6, 6.07) is 0. The van der Waals surface area contributed by atoms with E-state index >= 15 is 0 Å². The van der Waals surface area contributed by atoms with Gasteiger partial charge in [-0.05, 0) is 32.1 Å². The highest BCUT2D eigenvalue weighted by Crippen LogP contribution is 2.42. The van der Waals surface area contributed by atoms with Gasteiger partial charge in [-0.15, -0.1) is 0 Å². The second kappa shape index (κ2) is 6.44. The summed E-state index contributed by atoms with van der Waals surface area (Å²) in [6.45, 7) is 3.51. The number of thioether (sulfide) groups is 1. The zero-order valence-corrected chi connectivity index (χ0v) is 11.8. The third-order valence-electron chi connectivity index (χ3n) is 4.17. The lowest BCUT2D eigenvalue weighted by Crippen LogP contribution is -2.42. The molecule has 1 saturated heterocycles. The van der Waals surface area contributed by atoms with Crippen LogP contribution in [-0.4, -0.2) is 34.4 Å². The second-order valence-electron chi connectivity index (χ2n) is 5.67. The molecule has 2 rings (SSSR count). The third-order valence-corrected chi connectivity index (χ3v) is 5.66. The van der Waals surface area contributed by atoms with Crippen molar-refractivity contribution in [3.8, 4) is 0 Å². The molecule has 0 aromatic rings. The van der Waals surface area contributed by atoms with Crippen LogP contribution in [0.15, 0.2) is 0 Å². The highest BCUT2D eigenvalue weighted by Gasteiger charge is 2.38. The summed E-state index contributed by atoms with van der Waals surface area (Å²) >= 11 is 2.07. The Labute approximate surface area is 110 Å². The van der Waals surface area contributed by atoms with E-state index in [2.05, 4.69) is 18.7 Å². The Morgan fingerprint density at radius 3 is 2.82 bits per heavy atom. The number of hydrogen-bond donors (Lipinski definition) is 1. The lowest BCUT2D eigenvalue weighted by molar-refractivity contribution is -0.0971. The number of aliphatic hydroxyl groups excluding tert-OH is 1. The average Bonchev–Trinajstić information content (AvgIpc) is 2.30. The van der Waals surface area contributed by atoms with Gasteiger partial charge >= 0.3 is 0 Å². The van der Waals surface area contributed by atoms with E-state index < -0.39 is 0 Å². The molecule has 2 fully saturated rings. The van der Waals surface area contributed by atoms with Crippen molar-refractivity contribution >= 4 is 11.8 Å². The maximum atomic E-state index is 8.97. The fraction of sp³-hybridized carbons (Fsp3) is 1.00. The Hall–Kier alpha value is 0.270. The van der Waals surface area contributed by atoms with E-state index in [1.165, 1.54) is 44.9 Å². The van der Waals surface area contributed by atoms with Gasteiger partial charge in [0, 0.05) is 23.7 Å². The van der Waals surface area contributed by atoms with Crippen LogP contribution >= 0.6 is 11.8 Å². The molecule has 1 aliphatic heterocycles. The third kappa shape index (κ3) is 3.87. The van der Waals surface area contributed by atoms with Crippen molar-refractivity contribution in [2.24, 2.45) is 0 Å². The first-order valence-electron chi connectivity index (χ1n) is 7.14. The van der Waals surface area contributed by atoms with E-state index in [0.717, 1.165) is 18.3 Å². The van der Waals surface area contributed by atoms with Gasteiger partial charge < -0.3 is 9.84 Å². The Bertz CT molecular complexity index is 221. The molecule has 1 N–H and O–H groups in total. The van der Waals surface area contributed by atoms with E-state index in [0.29, 0.717) is 11.9 Å². The lowest BCUT2D eigenvalue weighted by Gasteiger charge is -2.43. The van der Waals surface area contributed by atoms with Crippen LogP contribution in [0.3, 0.4) is 0 Å². The average molecular weight is 258 g/mol. The summed E-state index contributed by atoms with van der Waals surface area (Å²) in [4.78, 5) is 0. The van der Waals surface area contributed by atoms with Gasteiger partial charge in [0.05, 0.1) is 5.60 Å². The minimum atomic E-state index is 0.229. The van der Waals surface area contributed by atoms with Crippen LogP contribution in [0.5, 0.6) is 0 Å². The molecule has 1 spiro atoms. The van der Waals surface area contributed by atoms with E-state index in [1.807, 2.05) is 0 Å². The minimum Gasteiger partial charge on any atom is -0.396 e. The fourth-order valence-electron chi connectivity index (χ4n) is 3.22. The first kappa shape index (κ1) is 13.7. The van der Waals surface area contributed by atoms with Crippen LogP contribution in [0.1, 0.15) is 58.3 Å². The van der Waals surface area contributed by atoms with Crippen molar-refractivity contribution in [3.63, 3.8) is 0 Å². The second-order valence-corrected chi connectivity index (χ2v) is 7.41. The number of rotatable bonds is 4. The number of ether oxygens (including phenoxy) is 1. The van der Waals surface area contributed by atoms with Gasteiger partial charge in [0.2, 0.25) is 0 Å². The quantitative estimate of drug-likeness (QED) is 0.838. The summed E-state index contributed by atoms with van der Waals surface area (Å²) in [6.07, 6.45) is 10.0. The zero-order valence-electron chi connectivity index (χ0n) is 11.0. The molecule has 2 aliphatic rings. The monoisotopic (exact) mass is 258 g/mol. The normalized spacial score (nSPS) is 30.4. The topological polar surface area (TPSA) is 29.5 Å². The molecule has 0 radical (unpaired) electrons.